The normalized spacial score (nSPS) is 14.0. The highest BCUT2D eigenvalue weighted by Crippen LogP contribution is 2.57. The van der Waals surface area contributed by atoms with E-state index >= 15 is 0 Å². The third kappa shape index (κ3) is 6.44. The third-order valence-electron chi connectivity index (χ3n) is 14.4. The molecule has 0 saturated carbocycles. The Hall–Kier alpha value is -7.44. The van der Waals surface area contributed by atoms with Crippen LogP contribution in [0.4, 0.5) is 51.2 Å². The Morgan fingerprint density at radius 2 is 0.882 bits per heavy atom. The van der Waals surface area contributed by atoms with Crippen molar-refractivity contribution in [3.63, 3.8) is 0 Å². The van der Waals surface area contributed by atoms with Gasteiger partial charge < -0.3 is 24.0 Å². The minimum Gasteiger partial charge on any atom is -0.452 e. The second-order valence-electron chi connectivity index (χ2n) is 21.9. The van der Waals surface area contributed by atoms with Gasteiger partial charge in [0.2, 0.25) is 0 Å². The van der Waals surface area contributed by atoms with Gasteiger partial charge in [-0.05, 0) is 135 Å². The summed E-state index contributed by atoms with van der Waals surface area (Å²) in [6, 6.07) is 67.4. The molecule has 334 valence electrons. The Kier molecular flexibility index (Phi) is 9.28. The summed E-state index contributed by atoms with van der Waals surface area (Å²) in [4.78, 5) is 7.44. The molecule has 4 heterocycles. The van der Waals surface area contributed by atoms with E-state index in [1.54, 1.807) is 0 Å². The molecular weight excluding hydrogens is 828 g/mol. The molecule has 0 spiro atoms. The van der Waals surface area contributed by atoms with Crippen LogP contribution in [0.25, 0.3) is 16.6 Å². The average molecular weight is 885 g/mol. The maximum atomic E-state index is 7.35. The van der Waals surface area contributed by atoms with Crippen LogP contribution >= 0.6 is 0 Å². The molecule has 0 amide bonds. The zero-order valence-corrected chi connectivity index (χ0v) is 40.6. The molecule has 0 atom stereocenters. The predicted octanol–water partition coefficient (Wildman–Crippen LogP) is 15.2. The zero-order chi connectivity index (χ0) is 46.9. The maximum Gasteiger partial charge on any atom is 0.273 e. The standard InChI is InChI=1S/C62H57BN4O/c1-60(2,3)40-27-32-45(33-28-40)64-48-36-31-42(62(7,8)9)39-47(48)63-56-51(64)24-18-25-52(56)66(46-34-29-41(30-35-46)61(4,5)6)57-55-50(67(59(57)63)44-21-14-11-15-22-44)37-38-53-58(55)68-54-26-17-16-23-49(54)65(53)43-19-12-10-13-20-43/h10-39H,1-9H3. The first kappa shape index (κ1) is 42.0. The number of hydrogen-bond acceptors (Lipinski definition) is 4. The fourth-order valence-electron chi connectivity index (χ4n) is 10.9. The molecule has 9 aromatic rings. The molecule has 0 bridgehead atoms. The van der Waals surface area contributed by atoms with Crippen LogP contribution in [0.2, 0.25) is 0 Å². The second kappa shape index (κ2) is 15.0. The van der Waals surface area contributed by atoms with Crippen LogP contribution in [0, 0.1) is 0 Å². The van der Waals surface area contributed by atoms with E-state index in [1.807, 2.05) is 0 Å². The summed E-state index contributed by atoms with van der Waals surface area (Å²) >= 11 is 0. The SMILES string of the molecule is CC(C)(C)c1ccc(N2c3ccc(C(C)(C)C)cc3B3c4c2cccc4N(c2ccc(C(C)(C)C)cc2)c2c3n(-c3ccccc3)c3ccc4c(c23)Oc2ccccc2N4c2ccccc2)cc1. The lowest BCUT2D eigenvalue weighted by atomic mass is 9.34. The number of nitrogens with zero attached hydrogens (tertiary/aromatic N) is 4. The van der Waals surface area contributed by atoms with Crippen LogP contribution < -0.4 is 36.0 Å². The molecule has 0 saturated heterocycles. The molecule has 6 heteroatoms. The molecule has 12 rings (SSSR count). The summed E-state index contributed by atoms with van der Waals surface area (Å²) in [5.74, 6) is 1.66. The minimum absolute atomic E-state index is 0.00928. The quantitative estimate of drug-likeness (QED) is 0.164. The summed E-state index contributed by atoms with van der Waals surface area (Å²) in [5, 5.41) is 1.07. The van der Waals surface area contributed by atoms with Crippen LogP contribution in [-0.4, -0.2) is 11.3 Å². The molecule has 0 radical (unpaired) electrons. The molecule has 68 heavy (non-hydrogen) atoms. The average Bonchev–Trinajstić information content (AvgIpc) is 3.68. The van der Waals surface area contributed by atoms with Gasteiger partial charge in [0.1, 0.15) is 0 Å². The van der Waals surface area contributed by atoms with Crippen LogP contribution in [0.1, 0.15) is 79.0 Å². The number of aromatic nitrogens is 1. The Balaban J connectivity index is 1.24. The van der Waals surface area contributed by atoms with E-state index in [0.717, 1.165) is 67.9 Å². The van der Waals surface area contributed by atoms with E-state index in [1.165, 1.54) is 44.6 Å². The predicted molar refractivity (Wildman–Crippen MR) is 288 cm³/mol. The van der Waals surface area contributed by atoms with Gasteiger partial charge in [-0.2, -0.15) is 0 Å². The summed E-state index contributed by atoms with van der Waals surface area (Å²) in [6.07, 6.45) is 0. The molecule has 0 fully saturated rings. The van der Waals surface area contributed by atoms with Crippen molar-refractivity contribution in [1.29, 1.82) is 0 Å². The molecule has 3 aliphatic rings. The van der Waals surface area contributed by atoms with Gasteiger partial charge >= 0.3 is 0 Å². The van der Waals surface area contributed by atoms with E-state index in [4.69, 9.17) is 4.74 Å². The van der Waals surface area contributed by atoms with E-state index < -0.39 is 0 Å². The topological polar surface area (TPSA) is 23.9 Å². The van der Waals surface area contributed by atoms with Crippen LogP contribution in [0.15, 0.2) is 182 Å². The first-order chi connectivity index (χ1) is 32.7. The zero-order valence-electron chi connectivity index (χ0n) is 40.6. The fraction of sp³-hybridized carbons (Fsp3) is 0.194. The Labute approximate surface area is 402 Å². The Morgan fingerprint density at radius 1 is 0.397 bits per heavy atom. The van der Waals surface area contributed by atoms with Gasteiger partial charge in [0.05, 0.1) is 28.0 Å². The summed E-state index contributed by atoms with van der Waals surface area (Å²) in [7, 11) is 0. The number of hydrogen-bond donors (Lipinski definition) is 0. The van der Waals surface area contributed by atoms with Crippen molar-refractivity contribution >= 4 is 85.3 Å². The van der Waals surface area contributed by atoms with Gasteiger partial charge in [0.15, 0.2) is 11.5 Å². The van der Waals surface area contributed by atoms with E-state index in [2.05, 4.69) is 264 Å². The smallest absolute Gasteiger partial charge is 0.273 e. The lowest BCUT2D eigenvalue weighted by Gasteiger charge is -2.44. The largest absolute Gasteiger partial charge is 0.452 e. The summed E-state index contributed by atoms with van der Waals surface area (Å²) < 4.78 is 9.90. The van der Waals surface area contributed by atoms with E-state index in [9.17, 15) is 0 Å². The lowest BCUT2D eigenvalue weighted by molar-refractivity contribution is 0.482. The molecule has 3 aliphatic heterocycles. The number of ether oxygens (including phenoxy) is 1. The van der Waals surface area contributed by atoms with Gasteiger partial charge in [-0.3, -0.25) is 0 Å². The molecule has 0 aliphatic carbocycles. The van der Waals surface area contributed by atoms with E-state index in [-0.39, 0.29) is 23.0 Å². The first-order valence-corrected chi connectivity index (χ1v) is 24.1. The summed E-state index contributed by atoms with van der Waals surface area (Å²) in [5.41, 5.74) is 19.8. The Morgan fingerprint density at radius 3 is 1.50 bits per heavy atom. The number of fused-ring (bicyclic) bond motifs is 9. The highest BCUT2D eigenvalue weighted by molar-refractivity contribution is 7.00. The number of rotatable bonds is 4. The first-order valence-electron chi connectivity index (χ1n) is 24.1. The van der Waals surface area contributed by atoms with Crippen molar-refractivity contribution in [3.05, 3.63) is 199 Å². The van der Waals surface area contributed by atoms with E-state index in [0.29, 0.717) is 0 Å². The van der Waals surface area contributed by atoms with Crippen molar-refractivity contribution in [2.75, 3.05) is 14.7 Å². The third-order valence-corrected chi connectivity index (χ3v) is 14.4. The van der Waals surface area contributed by atoms with Gasteiger partial charge in [-0.15, -0.1) is 0 Å². The van der Waals surface area contributed by atoms with Gasteiger partial charge in [0.25, 0.3) is 6.71 Å². The molecule has 0 N–H and O–H groups in total. The molecule has 8 aromatic carbocycles. The lowest BCUT2D eigenvalue weighted by Crippen LogP contribution is -2.63. The maximum absolute atomic E-state index is 7.35. The van der Waals surface area contributed by atoms with Crippen molar-refractivity contribution in [2.24, 2.45) is 0 Å². The van der Waals surface area contributed by atoms with Crippen molar-refractivity contribution < 1.29 is 4.74 Å². The van der Waals surface area contributed by atoms with Crippen LogP contribution in [-0.2, 0) is 16.2 Å². The van der Waals surface area contributed by atoms with Crippen molar-refractivity contribution in [3.8, 4) is 17.2 Å². The highest BCUT2D eigenvalue weighted by Gasteiger charge is 2.48. The number of benzene rings is 8. The fourth-order valence-corrected chi connectivity index (χ4v) is 10.9. The Bertz CT molecular complexity index is 3430. The van der Waals surface area contributed by atoms with Gasteiger partial charge in [-0.25, -0.2) is 0 Å². The van der Waals surface area contributed by atoms with Crippen molar-refractivity contribution in [1.82, 2.24) is 4.57 Å². The highest BCUT2D eigenvalue weighted by atomic mass is 16.5. The minimum atomic E-state index is -0.145. The number of para-hydroxylation sites is 4. The molecule has 0 unspecified atom stereocenters. The monoisotopic (exact) mass is 884 g/mol. The van der Waals surface area contributed by atoms with Gasteiger partial charge in [-0.1, -0.05) is 153 Å². The van der Waals surface area contributed by atoms with Gasteiger partial charge in [0, 0.05) is 45.4 Å². The molecular formula is C62H57BN4O. The van der Waals surface area contributed by atoms with Crippen LogP contribution in [0.3, 0.4) is 0 Å². The van der Waals surface area contributed by atoms with Crippen LogP contribution in [0.5, 0.6) is 11.5 Å². The molecule has 5 nitrogen and oxygen atoms in total. The summed E-state index contributed by atoms with van der Waals surface area (Å²) in [6.45, 7) is 20.6. The second-order valence-corrected chi connectivity index (χ2v) is 21.9. The van der Waals surface area contributed by atoms with Crippen molar-refractivity contribution in [2.45, 2.75) is 78.6 Å². The molecule has 1 aromatic heterocycles. The number of anilines is 9.